The molecule has 74 valence electrons. The van der Waals surface area contributed by atoms with Crippen molar-refractivity contribution in [1.29, 1.82) is 0 Å². The maximum atomic E-state index is 10.9. The van der Waals surface area contributed by atoms with Crippen molar-refractivity contribution in [2.24, 2.45) is 0 Å². The topological polar surface area (TPSA) is 30.0 Å². The fourth-order valence-corrected chi connectivity index (χ4v) is 1.79. The van der Waals surface area contributed by atoms with Crippen LogP contribution in [0.3, 0.4) is 0 Å². The number of halogens is 1. The van der Waals surface area contributed by atoms with Crippen molar-refractivity contribution in [2.75, 3.05) is 0 Å². The predicted octanol–water partition coefficient (Wildman–Crippen LogP) is 3.32. The minimum absolute atomic E-state index is 0.678. The first-order valence-corrected chi connectivity index (χ1v) is 5.25. The van der Waals surface area contributed by atoms with Crippen LogP contribution in [0.2, 0.25) is 0 Å². The predicted molar refractivity (Wildman–Crippen MR) is 62.8 cm³/mol. The van der Waals surface area contributed by atoms with Gasteiger partial charge in [0.2, 0.25) is 0 Å². The van der Waals surface area contributed by atoms with E-state index in [1.54, 1.807) is 18.5 Å². The third-order valence-corrected chi connectivity index (χ3v) is 2.54. The van der Waals surface area contributed by atoms with Crippen LogP contribution < -0.4 is 0 Å². The van der Waals surface area contributed by atoms with Gasteiger partial charge in [0.15, 0.2) is 6.29 Å². The third kappa shape index (κ3) is 2.13. The third-order valence-electron chi connectivity index (χ3n) is 2.10. The van der Waals surface area contributed by atoms with Crippen LogP contribution in [0.25, 0.3) is 11.1 Å². The van der Waals surface area contributed by atoms with Gasteiger partial charge in [-0.3, -0.25) is 9.78 Å². The molecular weight excluding hydrogens is 254 g/mol. The van der Waals surface area contributed by atoms with E-state index in [1.165, 1.54) is 0 Å². The zero-order chi connectivity index (χ0) is 10.7. The minimum atomic E-state index is 0.678. The van der Waals surface area contributed by atoms with Gasteiger partial charge in [0, 0.05) is 28.0 Å². The van der Waals surface area contributed by atoms with E-state index in [0.717, 1.165) is 21.9 Å². The molecule has 0 amide bonds. The maximum absolute atomic E-state index is 10.9. The summed E-state index contributed by atoms with van der Waals surface area (Å²) in [5.74, 6) is 0. The van der Waals surface area contributed by atoms with Gasteiger partial charge in [0.25, 0.3) is 0 Å². The molecule has 0 unspecified atom stereocenters. The SMILES string of the molecule is O=Cc1ccccc1-c1cncc(Br)c1. The lowest BCUT2D eigenvalue weighted by Gasteiger charge is -2.04. The minimum Gasteiger partial charge on any atom is -0.298 e. The summed E-state index contributed by atoms with van der Waals surface area (Å²) in [5.41, 5.74) is 2.52. The summed E-state index contributed by atoms with van der Waals surface area (Å²) in [4.78, 5) is 14.9. The molecule has 0 atom stereocenters. The van der Waals surface area contributed by atoms with Crippen LogP contribution in [0.4, 0.5) is 0 Å². The molecule has 0 saturated heterocycles. The van der Waals surface area contributed by atoms with Crippen molar-refractivity contribution in [3.05, 3.63) is 52.8 Å². The quantitative estimate of drug-likeness (QED) is 0.777. The first-order chi connectivity index (χ1) is 7.31. The van der Waals surface area contributed by atoms with Crippen molar-refractivity contribution in [1.82, 2.24) is 4.98 Å². The molecular formula is C12H8BrNO. The molecule has 2 nitrogen and oxygen atoms in total. The molecule has 1 heterocycles. The van der Waals surface area contributed by atoms with E-state index < -0.39 is 0 Å². The average Bonchev–Trinajstić information content (AvgIpc) is 2.29. The van der Waals surface area contributed by atoms with Crippen molar-refractivity contribution >= 4 is 22.2 Å². The molecule has 0 aliphatic carbocycles. The summed E-state index contributed by atoms with van der Waals surface area (Å²) in [5, 5.41) is 0. The molecule has 1 aromatic heterocycles. The van der Waals surface area contributed by atoms with Gasteiger partial charge in [0.05, 0.1) is 0 Å². The monoisotopic (exact) mass is 261 g/mol. The number of hydrogen-bond acceptors (Lipinski definition) is 2. The molecule has 1 aromatic carbocycles. The molecule has 0 fully saturated rings. The van der Waals surface area contributed by atoms with Gasteiger partial charge < -0.3 is 0 Å². The van der Waals surface area contributed by atoms with Crippen LogP contribution in [-0.4, -0.2) is 11.3 Å². The van der Waals surface area contributed by atoms with E-state index in [-0.39, 0.29) is 0 Å². The van der Waals surface area contributed by atoms with E-state index in [2.05, 4.69) is 20.9 Å². The van der Waals surface area contributed by atoms with E-state index >= 15 is 0 Å². The first-order valence-electron chi connectivity index (χ1n) is 4.46. The first kappa shape index (κ1) is 10.1. The number of pyridine rings is 1. The Labute approximate surface area is 96.1 Å². The standard InChI is InChI=1S/C12H8BrNO/c13-11-5-10(6-14-7-11)12-4-2-1-3-9(12)8-15/h1-8H. The second-order valence-electron chi connectivity index (χ2n) is 3.10. The molecule has 15 heavy (non-hydrogen) atoms. The Morgan fingerprint density at radius 2 is 2.00 bits per heavy atom. The lowest BCUT2D eigenvalue weighted by atomic mass is 10.0. The molecule has 0 N–H and O–H groups in total. The fourth-order valence-electron chi connectivity index (χ4n) is 1.42. The summed E-state index contributed by atoms with van der Waals surface area (Å²) >= 11 is 3.36. The van der Waals surface area contributed by atoms with Crippen LogP contribution >= 0.6 is 15.9 Å². The van der Waals surface area contributed by atoms with Gasteiger partial charge in [-0.25, -0.2) is 0 Å². The number of carbonyl (C=O) groups excluding carboxylic acids is 1. The lowest BCUT2D eigenvalue weighted by molar-refractivity contribution is 0.112. The Kier molecular flexibility index (Phi) is 2.92. The van der Waals surface area contributed by atoms with E-state index in [1.807, 2.05) is 24.3 Å². The zero-order valence-electron chi connectivity index (χ0n) is 7.85. The highest BCUT2D eigenvalue weighted by molar-refractivity contribution is 9.10. The molecule has 2 rings (SSSR count). The highest BCUT2D eigenvalue weighted by Crippen LogP contribution is 2.24. The molecule has 3 heteroatoms. The Balaban J connectivity index is 2.58. The molecule has 0 aliphatic rings. The van der Waals surface area contributed by atoms with Crippen LogP contribution in [0, 0.1) is 0 Å². The summed E-state index contributed by atoms with van der Waals surface area (Å²) in [6.45, 7) is 0. The number of carbonyl (C=O) groups is 1. The van der Waals surface area contributed by atoms with Crippen molar-refractivity contribution in [3.8, 4) is 11.1 Å². The Morgan fingerprint density at radius 1 is 1.20 bits per heavy atom. The normalized spacial score (nSPS) is 9.93. The fraction of sp³-hybridized carbons (Fsp3) is 0. The van der Waals surface area contributed by atoms with Gasteiger partial charge in [-0.1, -0.05) is 24.3 Å². The van der Waals surface area contributed by atoms with Crippen LogP contribution in [-0.2, 0) is 0 Å². The molecule has 0 aliphatic heterocycles. The largest absolute Gasteiger partial charge is 0.298 e. The molecule has 0 radical (unpaired) electrons. The Bertz CT molecular complexity index is 496. The molecule has 2 aromatic rings. The van der Waals surface area contributed by atoms with Crippen LogP contribution in [0.15, 0.2) is 47.2 Å². The molecule has 0 bridgehead atoms. The van der Waals surface area contributed by atoms with Gasteiger partial charge >= 0.3 is 0 Å². The number of rotatable bonds is 2. The second kappa shape index (κ2) is 4.36. The Hall–Kier alpha value is -1.48. The number of aldehydes is 1. The smallest absolute Gasteiger partial charge is 0.150 e. The van der Waals surface area contributed by atoms with Crippen molar-refractivity contribution in [2.45, 2.75) is 0 Å². The Morgan fingerprint density at radius 3 is 2.73 bits per heavy atom. The van der Waals surface area contributed by atoms with Crippen molar-refractivity contribution < 1.29 is 4.79 Å². The van der Waals surface area contributed by atoms with E-state index in [9.17, 15) is 4.79 Å². The van der Waals surface area contributed by atoms with Gasteiger partial charge in [-0.05, 0) is 27.6 Å². The highest BCUT2D eigenvalue weighted by atomic mass is 79.9. The summed E-state index contributed by atoms with van der Waals surface area (Å²) in [6, 6.07) is 9.40. The van der Waals surface area contributed by atoms with Gasteiger partial charge in [0.1, 0.15) is 0 Å². The number of hydrogen-bond donors (Lipinski definition) is 0. The average molecular weight is 262 g/mol. The van der Waals surface area contributed by atoms with Crippen LogP contribution in [0.5, 0.6) is 0 Å². The lowest BCUT2D eigenvalue weighted by Crippen LogP contribution is -1.87. The number of nitrogens with zero attached hydrogens (tertiary/aromatic N) is 1. The van der Waals surface area contributed by atoms with Crippen LogP contribution in [0.1, 0.15) is 10.4 Å². The maximum Gasteiger partial charge on any atom is 0.150 e. The van der Waals surface area contributed by atoms with E-state index in [0.29, 0.717) is 5.56 Å². The zero-order valence-corrected chi connectivity index (χ0v) is 9.44. The van der Waals surface area contributed by atoms with Gasteiger partial charge in [-0.15, -0.1) is 0 Å². The number of benzene rings is 1. The van der Waals surface area contributed by atoms with Crippen molar-refractivity contribution in [3.63, 3.8) is 0 Å². The second-order valence-corrected chi connectivity index (χ2v) is 4.01. The summed E-state index contributed by atoms with van der Waals surface area (Å²) in [6.07, 6.45) is 4.32. The molecule has 0 spiro atoms. The summed E-state index contributed by atoms with van der Waals surface area (Å²) in [7, 11) is 0. The van der Waals surface area contributed by atoms with E-state index in [4.69, 9.17) is 0 Å². The van der Waals surface area contributed by atoms with Gasteiger partial charge in [-0.2, -0.15) is 0 Å². The summed E-state index contributed by atoms with van der Waals surface area (Å²) < 4.78 is 0.903. The molecule has 0 saturated carbocycles. The highest BCUT2D eigenvalue weighted by Gasteiger charge is 2.03. The number of aromatic nitrogens is 1.